The highest BCUT2D eigenvalue weighted by Crippen LogP contribution is 2.24. The predicted molar refractivity (Wildman–Crippen MR) is 92.1 cm³/mol. The number of aromatic nitrogens is 3. The van der Waals surface area contributed by atoms with E-state index in [0.717, 1.165) is 5.56 Å². The molecule has 1 amide bonds. The number of imidazole rings is 1. The van der Waals surface area contributed by atoms with Crippen LogP contribution in [0, 0.1) is 0 Å². The lowest BCUT2D eigenvalue weighted by Crippen LogP contribution is -2.25. The zero-order chi connectivity index (χ0) is 18.0. The Balaban J connectivity index is 1.89. The number of H-pyrrole nitrogens is 1. The summed E-state index contributed by atoms with van der Waals surface area (Å²) in [5, 5.41) is 2.81. The number of ether oxygens (including phenoxy) is 2. The number of carbonyl (C=O) groups excluding carboxylic acids is 1. The van der Waals surface area contributed by atoms with E-state index in [9.17, 15) is 9.59 Å². The molecule has 2 N–H and O–H groups in total. The van der Waals surface area contributed by atoms with Crippen LogP contribution < -0.4 is 20.3 Å². The number of aryl methyl sites for hydroxylation is 1. The van der Waals surface area contributed by atoms with E-state index in [2.05, 4.69) is 15.3 Å². The number of benzene rings is 1. The third-order valence-corrected chi connectivity index (χ3v) is 3.88. The molecule has 0 unspecified atom stereocenters. The molecule has 3 rings (SSSR count). The predicted octanol–water partition coefficient (Wildman–Crippen LogP) is 1.21. The first-order valence-corrected chi connectivity index (χ1v) is 7.57. The first kappa shape index (κ1) is 16.6. The van der Waals surface area contributed by atoms with Gasteiger partial charge in [0, 0.05) is 25.2 Å². The number of nitrogens with zero attached hydrogens (tertiary/aromatic N) is 2. The number of aromatic amines is 1. The summed E-state index contributed by atoms with van der Waals surface area (Å²) >= 11 is 0. The van der Waals surface area contributed by atoms with Crippen LogP contribution >= 0.6 is 0 Å². The Morgan fingerprint density at radius 1 is 1.28 bits per heavy atom. The Labute approximate surface area is 143 Å². The summed E-state index contributed by atoms with van der Waals surface area (Å²) in [6.45, 7) is 0.228. The average molecular weight is 342 g/mol. The van der Waals surface area contributed by atoms with E-state index in [4.69, 9.17) is 9.47 Å². The van der Waals surface area contributed by atoms with Crippen LogP contribution in [0.4, 0.5) is 0 Å². The molecule has 0 saturated heterocycles. The van der Waals surface area contributed by atoms with Crippen LogP contribution in [0.15, 0.2) is 35.4 Å². The molecule has 25 heavy (non-hydrogen) atoms. The van der Waals surface area contributed by atoms with Crippen molar-refractivity contribution >= 4 is 17.1 Å². The molecule has 130 valence electrons. The molecule has 0 aliphatic heterocycles. The molecule has 8 nitrogen and oxygen atoms in total. The van der Waals surface area contributed by atoms with Gasteiger partial charge < -0.3 is 24.3 Å². The minimum absolute atomic E-state index is 0.228. The van der Waals surface area contributed by atoms with Gasteiger partial charge in [-0.05, 0) is 18.2 Å². The maximum Gasteiger partial charge on any atom is 0.254 e. The Morgan fingerprint density at radius 3 is 2.80 bits per heavy atom. The van der Waals surface area contributed by atoms with Gasteiger partial charge in [-0.25, -0.2) is 4.98 Å². The smallest absolute Gasteiger partial charge is 0.254 e. The summed E-state index contributed by atoms with van der Waals surface area (Å²) in [4.78, 5) is 31.1. The van der Waals surface area contributed by atoms with Gasteiger partial charge in [0.2, 0.25) is 5.56 Å². The summed E-state index contributed by atoms with van der Waals surface area (Å²) in [5.74, 6) is 0.928. The summed E-state index contributed by atoms with van der Waals surface area (Å²) in [5.41, 5.74) is 1.59. The molecular weight excluding hydrogens is 324 g/mol. The van der Waals surface area contributed by atoms with Gasteiger partial charge in [0.15, 0.2) is 5.65 Å². The Hall–Kier alpha value is -3.29. The van der Waals surface area contributed by atoms with Crippen LogP contribution in [0.1, 0.15) is 15.9 Å². The van der Waals surface area contributed by atoms with Crippen LogP contribution in [-0.4, -0.2) is 34.7 Å². The first-order valence-electron chi connectivity index (χ1n) is 7.57. The third kappa shape index (κ3) is 3.18. The molecule has 0 bridgehead atoms. The molecule has 2 heterocycles. The number of amides is 1. The van der Waals surface area contributed by atoms with Gasteiger partial charge in [-0.1, -0.05) is 0 Å². The maximum absolute atomic E-state index is 12.6. The van der Waals surface area contributed by atoms with E-state index in [-0.39, 0.29) is 23.6 Å². The lowest BCUT2D eigenvalue weighted by molar-refractivity contribution is 0.0951. The molecular formula is C17H18N4O4. The molecule has 0 saturated carbocycles. The van der Waals surface area contributed by atoms with E-state index in [1.54, 1.807) is 50.4 Å². The Bertz CT molecular complexity index is 990. The fraction of sp³-hybridized carbons (Fsp3) is 0.235. The number of pyridine rings is 1. The van der Waals surface area contributed by atoms with E-state index in [1.165, 1.54) is 6.07 Å². The topological polar surface area (TPSA) is 98.2 Å². The fourth-order valence-electron chi connectivity index (χ4n) is 2.66. The van der Waals surface area contributed by atoms with E-state index >= 15 is 0 Å². The lowest BCUT2D eigenvalue weighted by Gasteiger charge is -2.12. The van der Waals surface area contributed by atoms with Gasteiger partial charge in [-0.2, -0.15) is 0 Å². The second-order valence-electron chi connectivity index (χ2n) is 5.46. The number of nitrogens with one attached hydrogen (secondary N) is 2. The molecule has 0 radical (unpaired) electrons. The van der Waals surface area contributed by atoms with Crippen molar-refractivity contribution in [2.24, 2.45) is 7.05 Å². The monoisotopic (exact) mass is 342 g/mol. The Kier molecular flexibility index (Phi) is 4.42. The van der Waals surface area contributed by atoms with Gasteiger partial charge in [0.05, 0.1) is 31.6 Å². The normalized spacial score (nSPS) is 10.7. The number of methoxy groups -OCH3 is 2. The summed E-state index contributed by atoms with van der Waals surface area (Å²) in [6, 6.07) is 6.60. The average Bonchev–Trinajstić information content (AvgIpc) is 2.99. The largest absolute Gasteiger partial charge is 0.497 e. The Morgan fingerprint density at radius 2 is 2.08 bits per heavy atom. The van der Waals surface area contributed by atoms with Crippen molar-refractivity contribution in [2.45, 2.75) is 6.54 Å². The molecule has 1 aromatic carbocycles. The second-order valence-corrected chi connectivity index (χ2v) is 5.46. The molecule has 0 fully saturated rings. The standard InChI is InChI=1S/C17H18N4O4/c1-21-9-19-16-15(21)12(7-14(22)20-16)17(23)18-8-10-6-11(24-2)4-5-13(10)25-3/h4-7,9H,8H2,1-3H3,(H,18,23)(H,20,22). The van der Waals surface area contributed by atoms with Crippen molar-refractivity contribution in [1.29, 1.82) is 0 Å². The van der Waals surface area contributed by atoms with Crippen LogP contribution in [0.3, 0.4) is 0 Å². The molecule has 0 atom stereocenters. The molecule has 0 spiro atoms. The van der Waals surface area contributed by atoms with Crippen molar-refractivity contribution in [3.8, 4) is 11.5 Å². The fourth-order valence-corrected chi connectivity index (χ4v) is 2.66. The van der Waals surface area contributed by atoms with Crippen molar-refractivity contribution in [2.75, 3.05) is 14.2 Å². The van der Waals surface area contributed by atoms with Gasteiger partial charge >= 0.3 is 0 Å². The highest BCUT2D eigenvalue weighted by atomic mass is 16.5. The van der Waals surface area contributed by atoms with Crippen LogP contribution in [-0.2, 0) is 13.6 Å². The number of carbonyl (C=O) groups is 1. The quantitative estimate of drug-likeness (QED) is 0.726. The number of rotatable bonds is 5. The van der Waals surface area contributed by atoms with Gasteiger partial charge in [-0.15, -0.1) is 0 Å². The zero-order valence-corrected chi connectivity index (χ0v) is 14.1. The summed E-state index contributed by atoms with van der Waals surface area (Å²) in [7, 11) is 4.89. The van der Waals surface area contributed by atoms with Crippen LogP contribution in [0.5, 0.6) is 11.5 Å². The van der Waals surface area contributed by atoms with Crippen LogP contribution in [0.2, 0.25) is 0 Å². The second kappa shape index (κ2) is 6.68. The maximum atomic E-state index is 12.6. The zero-order valence-electron chi connectivity index (χ0n) is 14.1. The minimum atomic E-state index is -0.379. The molecule has 2 aromatic heterocycles. The van der Waals surface area contributed by atoms with E-state index in [0.29, 0.717) is 22.7 Å². The van der Waals surface area contributed by atoms with E-state index in [1.807, 2.05) is 0 Å². The molecule has 8 heteroatoms. The van der Waals surface area contributed by atoms with Gasteiger partial charge in [0.1, 0.15) is 11.5 Å². The van der Waals surface area contributed by atoms with Gasteiger partial charge in [-0.3, -0.25) is 9.59 Å². The lowest BCUT2D eigenvalue weighted by atomic mass is 10.1. The van der Waals surface area contributed by atoms with Crippen molar-refractivity contribution in [3.63, 3.8) is 0 Å². The summed E-state index contributed by atoms with van der Waals surface area (Å²) in [6.07, 6.45) is 1.54. The highest BCUT2D eigenvalue weighted by Gasteiger charge is 2.16. The van der Waals surface area contributed by atoms with Gasteiger partial charge in [0.25, 0.3) is 5.91 Å². The number of hydrogen-bond donors (Lipinski definition) is 2. The van der Waals surface area contributed by atoms with Crippen molar-refractivity contribution in [3.05, 3.63) is 52.1 Å². The van der Waals surface area contributed by atoms with Crippen LogP contribution in [0.25, 0.3) is 11.2 Å². The number of fused-ring (bicyclic) bond motifs is 1. The highest BCUT2D eigenvalue weighted by molar-refractivity contribution is 6.04. The van der Waals surface area contributed by atoms with Crippen molar-refractivity contribution in [1.82, 2.24) is 19.9 Å². The third-order valence-electron chi connectivity index (χ3n) is 3.88. The number of hydrogen-bond acceptors (Lipinski definition) is 5. The minimum Gasteiger partial charge on any atom is -0.497 e. The van der Waals surface area contributed by atoms with Crippen molar-refractivity contribution < 1.29 is 14.3 Å². The summed E-state index contributed by atoms with van der Waals surface area (Å²) < 4.78 is 12.2. The molecule has 0 aliphatic carbocycles. The SMILES string of the molecule is COc1ccc(OC)c(CNC(=O)c2cc(=O)[nH]c3ncn(C)c23)c1. The molecule has 3 aromatic rings. The van der Waals surface area contributed by atoms with E-state index < -0.39 is 0 Å². The molecule has 0 aliphatic rings. The first-order chi connectivity index (χ1) is 12.0.